The number of hydrogen-bond donors (Lipinski definition) is 0. The van der Waals surface area contributed by atoms with Crippen LogP contribution in [-0.4, -0.2) is 22.6 Å². The van der Waals surface area contributed by atoms with E-state index in [1.165, 1.54) is 46.9 Å². The first-order valence-electron chi connectivity index (χ1n) is 10.3. The molecule has 0 saturated carbocycles. The summed E-state index contributed by atoms with van der Waals surface area (Å²) in [6, 6.07) is 11.6. The lowest BCUT2D eigenvalue weighted by molar-refractivity contribution is -0.141. The van der Waals surface area contributed by atoms with Crippen LogP contribution in [0.4, 0.5) is 4.39 Å². The number of ether oxygens (including phenoxy) is 3. The van der Waals surface area contributed by atoms with Gasteiger partial charge in [-0.05, 0) is 35.7 Å². The van der Waals surface area contributed by atoms with Crippen molar-refractivity contribution in [1.29, 1.82) is 0 Å². The van der Waals surface area contributed by atoms with Gasteiger partial charge in [0.15, 0.2) is 5.16 Å². The van der Waals surface area contributed by atoms with Crippen LogP contribution in [0.25, 0.3) is 10.9 Å². The Morgan fingerprint density at radius 2 is 2.18 bits per heavy atom. The van der Waals surface area contributed by atoms with Gasteiger partial charge in [-0.2, -0.15) is 11.3 Å². The molecule has 3 heterocycles. The van der Waals surface area contributed by atoms with Crippen LogP contribution in [0.5, 0.6) is 5.75 Å². The zero-order chi connectivity index (χ0) is 23.7. The van der Waals surface area contributed by atoms with Crippen LogP contribution in [0, 0.1) is 5.82 Å². The number of para-hydroxylation sites is 1. The number of thiophene rings is 1. The monoisotopic (exact) mass is 498 g/mol. The highest BCUT2D eigenvalue weighted by molar-refractivity contribution is 7.98. The van der Waals surface area contributed by atoms with Gasteiger partial charge in [0.2, 0.25) is 6.29 Å². The van der Waals surface area contributed by atoms with E-state index in [1.807, 2.05) is 16.8 Å². The topological polar surface area (TPSA) is 79.7 Å². The van der Waals surface area contributed by atoms with Gasteiger partial charge in [0.25, 0.3) is 5.56 Å². The smallest absolute Gasteiger partial charge is 0.325 e. The molecule has 5 rings (SSSR count). The van der Waals surface area contributed by atoms with Crippen molar-refractivity contribution in [1.82, 2.24) is 9.55 Å². The van der Waals surface area contributed by atoms with Crippen molar-refractivity contribution in [3.8, 4) is 5.75 Å². The number of aromatic nitrogens is 2. The molecule has 2 aromatic heterocycles. The van der Waals surface area contributed by atoms with Gasteiger partial charge in [-0.1, -0.05) is 23.9 Å². The third kappa shape index (κ3) is 4.44. The fraction of sp³-hybridized carbons (Fsp3) is 0.208. The molecule has 34 heavy (non-hydrogen) atoms. The molecule has 10 heteroatoms. The minimum Gasteiger partial charge on any atom is -0.468 e. The molecular formula is C24H19FN2O5S2. The fourth-order valence-corrected chi connectivity index (χ4v) is 5.32. The number of rotatable bonds is 6. The van der Waals surface area contributed by atoms with Crippen LogP contribution in [-0.2, 0) is 33.2 Å². The van der Waals surface area contributed by atoms with Crippen LogP contribution in [0.3, 0.4) is 0 Å². The number of carbonyl (C=O) groups excluding carboxylic acids is 1. The van der Waals surface area contributed by atoms with Crippen molar-refractivity contribution in [2.75, 3.05) is 7.11 Å². The molecule has 1 aliphatic rings. The van der Waals surface area contributed by atoms with Crippen LogP contribution < -0.4 is 10.3 Å². The lowest BCUT2D eigenvalue weighted by Gasteiger charge is -2.28. The average molecular weight is 499 g/mol. The first kappa shape index (κ1) is 22.6. The largest absolute Gasteiger partial charge is 0.468 e. The highest BCUT2D eigenvalue weighted by Crippen LogP contribution is 2.39. The SMILES string of the molecule is COC(=O)Cn1c(SCc2cc(F)cc3c2O[C@H](c2ccsc2)OC3)nc2ccccc2c1=O. The van der Waals surface area contributed by atoms with Crippen LogP contribution >= 0.6 is 23.1 Å². The molecule has 0 unspecified atom stereocenters. The Kier molecular flexibility index (Phi) is 6.36. The summed E-state index contributed by atoms with van der Waals surface area (Å²) in [6.45, 7) is -0.0616. The molecular weight excluding hydrogens is 479 g/mol. The average Bonchev–Trinajstić information content (AvgIpc) is 3.39. The predicted octanol–water partition coefficient (Wildman–Crippen LogP) is 4.67. The summed E-state index contributed by atoms with van der Waals surface area (Å²) < 4.78 is 32.3. The molecule has 0 spiro atoms. The first-order chi connectivity index (χ1) is 16.5. The van der Waals surface area contributed by atoms with E-state index in [0.717, 1.165) is 5.56 Å². The zero-order valence-electron chi connectivity index (χ0n) is 18.0. The molecule has 7 nitrogen and oxygen atoms in total. The molecule has 174 valence electrons. The molecule has 0 amide bonds. The van der Waals surface area contributed by atoms with E-state index in [2.05, 4.69) is 4.98 Å². The molecule has 0 bridgehead atoms. The number of thioether (sulfide) groups is 1. The Morgan fingerprint density at radius 3 is 2.97 bits per heavy atom. The number of carbonyl (C=O) groups is 1. The minimum atomic E-state index is -0.579. The molecule has 2 aromatic carbocycles. The van der Waals surface area contributed by atoms with Gasteiger partial charge in [-0.15, -0.1) is 0 Å². The number of nitrogens with zero attached hydrogens (tertiary/aromatic N) is 2. The minimum absolute atomic E-state index is 0.215. The molecule has 0 saturated heterocycles. The van der Waals surface area contributed by atoms with E-state index in [4.69, 9.17) is 14.2 Å². The van der Waals surface area contributed by atoms with Gasteiger partial charge in [-0.25, -0.2) is 9.37 Å². The van der Waals surface area contributed by atoms with Crippen molar-refractivity contribution >= 4 is 40.0 Å². The zero-order valence-corrected chi connectivity index (χ0v) is 19.7. The number of hydrogen-bond acceptors (Lipinski definition) is 8. The van der Waals surface area contributed by atoms with Gasteiger partial charge in [0.05, 0.1) is 24.6 Å². The molecule has 4 aromatic rings. The third-order valence-corrected chi connectivity index (χ3v) is 7.06. The molecule has 1 aliphatic heterocycles. The van der Waals surface area contributed by atoms with Crippen LogP contribution in [0.1, 0.15) is 23.0 Å². The summed E-state index contributed by atoms with van der Waals surface area (Å²) in [5.41, 5.74) is 2.28. The van der Waals surface area contributed by atoms with Crippen molar-refractivity contribution in [2.24, 2.45) is 0 Å². The van der Waals surface area contributed by atoms with E-state index in [1.54, 1.807) is 24.3 Å². The summed E-state index contributed by atoms with van der Waals surface area (Å²) in [6.07, 6.45) is -0.579. The Hall–Kier alpha value is -3.21. The van der Waals surface area contributed by atoms with Crippen molar-refractivity contribution < 1.29 is 23.4 Å². The summed E-state index contributed by atoms with van der Waals surface area (Å²) in [7, 11) is 1.26. The second-order valence-corrected chi connectivity index (χ2v) is 9.26. The third-order valence-electron chi connectivity index (χ3n) is 5.34. The molecule has 0 aliphatic carbocycles. The molecule has 0 radical (unpaired) electrons. The van der Waals surface area contributed by atoms with Crippen molar-refractivity contribution in [2.45, 2.75) is 30.4 Å². The van der Waals surface area contributed by atoms with Crippen LogP contribution in [0.2, 0.25) is 0 Å². The second-order valence-electron chi connectivity index (χ2n) is 7.54. The summed E-state index contributed by atoms with van der Waals surface area (Å²) in [5.74, 6) is -0.154. The number of benzene rings is 2. The Morgan fingerprint density at radius 1 is 1.32 bits per heavy atom. The van der Waals surface area contributed by atoms with E-state index < -0.39 is 18.1 Å². The number of halogens is 1. The predicted molar refractivity (Wildman–Crippen MR) is 126 cm³/mol. The highest BCUT2D eigenvalue weighted by atomic mass is 32.2. The van der Waals surface area contributed by atoms with Gasteiger partial charge in [-0.3, -0.25) is 14.2 Å². The van der Waals surface area contributed by atoms with E-state index in [9.17, 15) is 14.0 Å². The maximum Gasteiger partial charge on any atom is 0.325 e. The van der Waals surface area contributed by atoms with Gasteiger partial charge >= 0.3 is 5.97 Å². The molecule has 0 N–H and O–H groups in total. The lowest BCUT2D eigenvalue weighted by Crippen LogP contribution is -2.27. The molecule has 0 fully saturated rings. The molecule has 1 atom stereocenters. The van der Waals surface area contributed by atoms with E-state index in [-0.39, 0.29) is 24.5 Å². The fourth-order valence-electron chi connectivity index (χ4n) is 3.69. The Balaban J connectivity index is 1.49. The number of fused-ring (bicyclic) bond motifs is 2. The maximum atomic E-state index is 14.4. The van der Waals surface area contributed by atoms with Crippen LogP contribution in [0.15, 0.2) is 63.2 Å². The van der Waals surface area contributed by atoms with Gasteiger partial charge in [0, 0.05) is 27.8 Å². The second kappa shape index (κ2) is 9.57. The van der Waals surface area contributed by atoms with Crippen molar-refractivity contribution in [3.63, 3.8) is 0 Å². The van der Waals surface area contributed by atoms with E-state index in [0.29, 0.717) is 32.9 Å². The summed E-state index contributed by atoms with van der Waals surface area (Å²) in [4.78, 5) is 29.6. The summed E-state index contributed by atoms with van der Waals surface area (Å²) in [5, 5.41) is 4.61. The Bertz CT molecular complexity index is 1420. The Labute approximate surface area is 202 Å². The highest BCUT2D eigenvalue weighted by Gasteiger charge is 2.26. The quantitative estimate of drug-likeness (QED) is 0.217. The van der Waals surface area contributed by atoms with E-state index >= 15 is 0 Å². The van der Waals surface area contributed by atoms with Gasteiger partial charge in [0.1, 0.15) is 18.1 Å². The standard InChI is InChI=1S/C24H19FN2O5S2/c1-30-20(28)10-27-22(29)18-4-2-3-5-19(18)26-24(27)34-13-16-9-17(25)8-15-11-31-23(32-21(15)16)14-6-7-33-12-14/h2-9,12,23H,10-11,13H2,1H3/t23-/m1/s1. The number of methoxy groups -OCH3 is 1. The van der Waals surface area contributed by atoms with Gasteiger partial charge < -0.3 is 14.2 Å². The maximum absolute atomic E-state index is 14.4. The normalized spacial score (nSPS) is 15.1. The summed E-state index contributed by atoms with van der Waals surface area (Å²) >= 11 is 2.76. The number of esters is 1. The van der Waals surface area contributed by atoms with Crippen molar-refractivity contribution in [3.05, 3.63) is 86.1 Å². The first-order valence-corrected chi connectivity index (χ1v) is 12.3. The lowest BCUT2D eigenvalue weighted by atomic mass is 10.1.